The fourth-order valence-corrected chi connectivity index (χ4v) is 16.4. The molecular formula is C113H230N10O10+10. The Morgan fingerprint density at radius 3 is 0.489 bits per heavy atom. The van der Waals surface area contributed by atoms with Crippen molar-refractivity contribution in [3.63, 3.8) is 0 Å². The highest BCUT2D eigenvalue weighted by molar-refractivity contribution is 4.86. The second-order valence-electron chi connectivity index (χ2n) is 36.8. The molecule has 0 radical (unpaired) electrons. The summed E-state index contributed by atoms with van der Waals surface area (Å²) < 4.78 is 62.0. The van der Waals surface area contributed by atoms with Gasteiger partial charge in [0.05, 0.1) is 212 Å². The van der Waals surface area contributed by atoms with Crippen molar-refractivity contribution in [1.29, 1.82) is 0 Å². The molecule has 0 aliphatic heterocycles. The van der Waals surface area contributed by atoms with Gasteiger partial charge in [0.15, 0.2) is 0 Å². The number of nitrogens with zero attached hydrogens (tertiary/aromatic N) is 10. The predicted molar refractivity (Wildman–Crippen MR) is 578 cm³/mol. The molecule has 3 atom stereocenters. The number of likely N-dealkylation sites (N-methyl/N-ethyl adjacent to an activating group) is 10. The van der Waals surface area contributed by atoms with Crippen LogP contribution in [0.25, 0.3) is 0 Å². The Kier molecular flexibility index (Phi) is 115. The average Bonchev–Trinajstić information content (AvgIpc) is 0.881. The van der Waals surface area contributed by atoms with Crippen molar-refractivity contribution >= 4 is 0 Å². The molecule has 0 amide bonds. The largest absolute Gasteiger partial charge is 0.496 e. The molecule has 0 aliphatic rings. The molecule has 0 saturated heterocycles. The van der Waals surface area contributed by atoms with Crippen molar-refractivity contribution in [3.05, 3.63) is 25.7 Å². The Hall–Kier alpha value is -6.44. The first kappa shape index (κ1) is 147. The average molecular weight is 1890 g/mol. The molecule has 0 aliphatic carbocycles. The van der Waals surface area contributed by atoms with Crippen LogP contribution in [0.2, 0.25) is 0 Å². The smallest absolute Gasteiger partial charge is 0.149 e. The molecule has 3 unspecified atom stereocenters. The molecule has 0 rings (SSSR count). The lowest BCUT2D eigenvalue weighted by atomic mass is 10.2. The van der Waals surface area contributed by atoms with Crippen LogP contribution in [0.4, 0.5) is 0 Å². The molecule has 0 heterocycles. The third kappa shape index (κ3) is 91.7. The van der Waals surface area contributed by atoms with E-state index in [1.54, 1.807) is 33.3 Å². The van der Waals surface area contributed by atoms with Crippen LogP contribution in [0, 0.1) is 98.2 Å². The number of hydrogen-bond donors (Lipinski definition) is 0. The second-order valence-corrected chi connectivity index (χ2v) is 36.8. The lowest BCUT2D eigenvalue weighted by Crippen LogP contribution is -2.51. The van der Waals surface area contributed by atoms with Gasteiger partial charge in [0.25, 0.3) is 0 Å². The normalized spacial score (nSPS) is 11.9. The van der Waals surface area contributed by atoms with E-state index in [0.29, 0.717) is 33.0 Å². The predicted octanol–water partition coefficient (Wildman–Crippen LogP) is 20.9. The van der Waals surface area contributed by atoms with Gasteiger partial charge in [-0.15, -0.1) is 0 Å². The third-order valence-electron chi connectivity index (χ3n) is 25.7. The van der Waals surface area contributed by atoms with Crippen LogP contribution in [-0.2, 0) is 47.4 Å². The van der Waals surface area contributed by atoms with E-state index in [2.05, 4.69) is 294 Å². The van der Waals surface area contributed by atoms with Gasteiger partial charge in [-0.2, -0.15) is 0 Å². The zero-order valence-corrected chi connectivity index (χ0v) is 95.2. The first-order valence-electron chi connectivity index (χ1n) is 52.9. The van der Waals surface area contributed by atoms with E-state index < -0.39 is 0 Å². The summed E-state index contributed by atoms with van der Waals surface area (Å²) in [5, 5.41) is 0. The van der Waals surface area contributed by atoms with Gasteiger partial charge in [-0.3, -0.25) is 0 Å². The zero-order chi connectivity index (χ0) is 104. The van der Waals surface area contributed by atoms with Gasteiger partial charge in [0.2, 0.25) is 0 Å². The van der Waals surface area contributed by atoms with Crippen molar-refractivity contribution in [3.8, 4) is 98.2 Å². The molecule has 20 nitrogen and oxygen atoms in total. The molecule has 20 heteroatoms. The zero-order valence-electron chi connectivity index (χ0n) is 95.2. The minimum absolute atomic E-state index is 0.639. The summed E-state index contributed by atoms with van der Waals surface area (Å²) in [7, 11) is 12.7. The van der Waals surface area contributed by atoms with Crippen molar-refractivity contribution < 1.29 is 92.2 Å². The molecule has 133 heavy (non-hydrogen) atoms. The van der Waals surface area contributed by atoms with E-state index in [1.807, 2.05) is 6.92 Å². The number of rotatable bonds is 71. The summed E-state index contributed by atoms with van der Waals surface area (Å²) >= 11 is 0. The minimum atomic E-state index is 0.639. The molecule has 0 saturated carbocycles. The van der Waals surface area contributed by atoms with Crippen LogP contribution in [0.1, 0.15) is 290 Å². The Balaban J connectivity index is -0.000000159. The van der Waals surface area contributed by atoms with Crippen LogP contribution in [0.3, 0.4) is 0 Å². The number of ether oxygens (including phenoxy) is 10. The number of unbranched alkanes of at least 4 members (excludes halogenated alkanes) is 3. The van der Waals surface area contributed by atoms with Gasteiger partial charge in [-0.05, 0) is 160 Å². The Morgan fingerprint density at radius 2 is 0.346 bits per heavy atom. The van der Waals surface area contributed by atoms with E-state index >= 15 is 0 Å². The van der Waals surface area contributed by atoms with Crippen molar-refractivity contribution in [2.45, 2.75) is 290 Å². The maximum Gasteiger partial charge on any atom is 0.149 e. The molecule has 782 valence electrons. The molecule has 0 aromatic carbocycles. The van der Waals surface area contributed by atoms with Gasteiger partial charge in [0.1, 0.15) is 180 Å². The third-order valence-corrected chi connectivity index (χ3v) is 25.7. The molecule has 0 bridgehead atoms. The fourth-order valence-electron chi connectivity index (χ4n) is 16.4. The highest BCUT2D eigenvalue weighted by Gasteiger charge is 2.29. The molecule has 0 fully saturated rings. The van der Waals surface area contributed by atoms with Crippen LogP contribution in [0.5, 0.6) is 0 Å². The highest BCUT2D eigenvalue weighted by atomic mass is 16.5. The van der Waals surface area contributed by atoms with E-state index in [9.17, 15) is 0 Å². The van der Waals surface area contributed by atoms with Crippen molar-refractivity contribution in [2.75, 3.05) is 331 Å². The maximum atomic E-state index is 5.29. The summed E-state index contributed by atoms with van der Waals surface area (Å²) in [5.41, 5.74) is 0. The van der Waals surface area contributed by atoms with E-state index in [0.717, 1.165) is 145 Å². The van der Waals surface area contributed by atoms with E-state index in [-0.39, 0.29) is 0 Å². The Bertz CT molecular complexity index is 2900. The highest BCUT2D eigenvalue weighted by Crippen LogP contribution is 2.17. The summed E-state index contributed by atoms with van der Waals surface area (Å²) in [6, 6.07) is 0. The van der Waals surface area contributed by atoms with Crippen LogP contribution >= 0.6 is 0 Å². The quantitative estimate of drug-likeness (QED) is 0.0254. The topological polar surface area (TPSA) is 92.3 Å². The van der Waals surface area contributed by atoms with Crippen molar-refractivity contribution in [1.82, 2.24) is 0 Å². The maximum absolute atomic E-state index is 5.29. The number of terminal acetylenes is 4. The SMILES string of the molecule is C#COCC[N+](C)(C)C.C#COCC[N+](CC)(CC)CC.C#COCC[N+](CC)(CCC)CCC.C#COCC[N+](CC)(CCC)CCCC.C=COCC[N+](CC)(CCC)CCC.C=COCC[N+](CC)(CCC)CCCC.CC#COCC[N+](C)(C)C.CC#COCC[N+](CC)(CC)CC.CC#COCC[N+](CC)(CCC)CCC.CC#COCC[N+](CC)(CCC)CCCC. The summed E-state index contributed by atoms with van der Waals surface area (Å²) in [5.74, 6) is 10.9. The van der Waals surface area contributed by atoms with Gasteiger partial charge in [-0.1, -0.05) is 165 Å². The minimum Gasteiger partial charge on any atom is -0.496 e. The van der Waals surface area contributed by atoms with Crippen LogP contribution < -0.4 is 0 Å². The molecule has 0 spiro atoms. The number of hydrogen-bond acceptors (Lipinski definition) is 10. The monoisotopic (exact) mass is 1890 g/mol. The number of quaternary nitrogens is 10. The lowest BCUT2D eigenvalue weighted by Gasteiger charge is -2.37. The Morgan fingerprint density at radius 1 is 0.195 bits per heavy atom. The van der Waals surface area contributed by atoms with Gasteiger partial charge >= 0.3 is 0 Å². The van der Waals surface area contributed by atoms with Gasteiger partial charge in [-0.25, -0.2) is 0 Å². The molecule has 0 N–H and O–H groups in total. The van der Waals surface area contributed by atoms with Crippen LogP contribution in [-0.4, -0.2) is 376 Å². The standard InChI is InChI=1S/C14H28NO.C13H26NO.C13H28NO.C13H26NO.C12H26NO.C12H24NO.C11H22NO.C10H20NO.C8H16NO.C7H14NO/c1-5-9-11-15(8-4,10-6-2)12-14-16-13-7-3;1-5-9-14(8-4,10-6-2)11-13-15-12-7-3;2*1-5-9-11-14(7-3,10-6-2)12-13-15-8-4;2*1-5-9-13(7-3,10-6-2)11-12-14-8-4;1-5-10-13-11-9-12(6-2,7-3)8-4;1-5-11(6-2,7-3)9-10-12-8-4;1-5-7-10-8-6-9(2,3)4;1-5-9-7-6-8(2,3)4/h5-6,8-12,14H2,1-4H3;5-6,8-11,13H2,1-4H3;8H,4-7,9-13H2,1-3H3;4H,5-7,9-13H2,1-3H3;8H,4-7,9-12H2,1-3H3;4H,5-7,9-12H2,1-3H3;6-9,11H2,1-4H3;4H,5-7,9-10H2,1-3H3;6,8H2,1-4H3;1H,6-7H2,2-4H3/q10*+1. The molecular weight excluding hydrogens is 1660 g/mol. The molecule has 0 aromatic heterocycles. The fraction of sp³-hybridized carbons (Fsp3) is 0.823. The van der Waals surface area contributed by atoms with Gasteiger partial charge in [0, 0.05) is 27.7 Å². The summed E-state index contributed by atoms with van der Waals surface area (Å²) in [6.07, 6.45) is 61.4. The Labute approximate surface area is 832 Å². The van der Waals surface area contributed by atoms with Gasteiger partial charge < -0.3 is 92.2 Å². The first-order chi connectivity index (χ1) is 63.6. The first-order valence-corrected chi connectivity index (χ1v) is 52.9. The van der Waals surface area contributed by atoms with Crippen LogP contribution in [0.15, 0.2) is 25.7 Å². The molecule has 0 aromatic rings. The van der Waals surface area contributed by atoms with E-state index in [1.165, 1.54) is 252 Å². The van der Waals surface area contributed by atoms with E-state index in [4.69, 9.17) is 73.1 Å². The second kappa shape index (κ2) is 104. The summed E-state index contributed by atoms with van der Waals surface area (Å²) in [4.78, 5) is 0. The summed E-state index contributed by atoms with van der Waals surface area (Å²) in [6.45, 7) is 115. The van der Waals surface area contributed by atoms with Crippen molar-refractivity contribution in [2.24, 2.45) is 0 Å². The lowest BCUT2D eigenvalue weighted by molar-refractivity contribution is -0.927.